The number of pyridine rings is 1. The van der Waals surface area contributed by atoms with E-state index in [1.807, 2.05) is 0 Å². The fourth-order valence-electron chi connectivity index (χ4n) is 4.02. The third kappa shape index (κ3) is 6.20. The first-order valence-corrected chi connectivity index (χ1v) is 11.9. The summed E-state index contributed by atoms with van der Waals surface area (Å²) in [6.07, 6.45) is 0.241. The van der Waals surface area contributed by atoms with Gasteiger partial charge in [0.15, 0.2) is 11.4 Å². The third-order valence-corrected chi connectivity index (χ3v) is 6.07. The number of hydrogen-bond acceptors (Lipinski definition) is 9. The predicted octanol–water partition coefficient (Wildman–Crippen LogP) is 2.48. The molecule has 2 aliphatic rings. The lowest BCUT2D eigenvalue weighted by atomic mass is 10.0. The molecule has 2 amide bonds. The summed E-state index contributed by atoms with van der Waals surface area (Å²) in [5, 5.41) is 6.86. The number of piperidine rings is 1. The average molecular weight is 532 g/mol. The second-order valence-electron chi connectivity index (χ2n) is 8.50. The molecule has 2 aliphatic heterocycles. The van der Waals surface area contributed by atoms with Gasteiger partial charge in [-0.25, -0.2) is 14.6 Å². The topological polar surface area (TPSA) is 155 Å². The van der Waals surface area contributed by atoms with E-state index in [2.05, 4.69) is 15.5 Å². The van der Waals surface area contributed by atoms with E-state index < -0.39 is 11.9 Å². The van der Waals surface area contributed by atoms with Crippen LogP contribution in [0.25, 0.3) is 0 Å². The van der Waals surface area contributed by atoms with Crippen molar-refractivity contribution in [3.05, 3.63) is 52.2 Å². The molecule has 1 aromatic carbocycles. The number of oxime groups is 1. The highest BCUT2D eigenvalue weighted by Gasteiger charge is 2.39. The lowest BCUT2D eigenvalue weighted by molar-refractivity contribution is 0.0489. The van der Waals surface area contributed by atoms with Gasteiger partial charge < -0.3 is 35.0 Å². The van der Waals surface area contributed by atoms with Gasteiger partial charge in [0.25, 0.3) is 5.91 Å². The Morgan fingerprint density at radius 2 is 2.08 bits per heavy atom. The maximum absolute atomic E-state index is 13.1. The Morgan fingerprint density at radius 3 is 2.78 bits per heavy atom. The van der Waals surface area contributed by atoms with Gasteiger partial charge in [-0.3, -0.25) is 4.79 Å². The Balaban J connectivity index is 1.59. The summed E-state index contributed by atoms with van der Waals surface area (Å²) in [7, 11) is 1.32. The molecule has 1 aromatic heterocycles. The van der Waals surface area contributed by atoms with Crippen molar-refractivity contribution in [3.63, 3.8) is 0 Å². The van der Waals surface area contributed by atoms with Crippen molar-refractivity contribution in [1.82, 2.24) is 15.2 Å². The SMILES string of the molecule is COc1nc(C(=O)O/N=C(/C)N)c(O[C@H]2CCN3C(=O)OC[C@@H]3C2)cc1C(=O)NCc1ccc(Cl)cc1. The standard InChI is InChI=1S/C24H26ClN5O7/c1-13(26)29-37-23(32)20-19(36-17-7-8-30-16(9-17)12-35-24(30)33)10-18(22(28-20)34-2)21(31)27-11-14-3-5-15(25)6-4-14/h3-6,10,16-17H,7-9,11-12H2,1-2H3,(H2,26,29)(H,27,31)/t16-,17-/m0/s1. The second kappa shape index (κ2) is 11.3. The number of amides is 2. The van der Waals surface area contributed by atoms with Crippen LogP contribution in [-0.2, 0) is 16.1 Å². The van der Waals surface area contributed by atoms with E-state index in [0.717, 1.165) is 5.56 Å². The molecule has 2 fully saturated rings. The molecule has 0 bridgehead atoms. The molecule has 196 valence electrons. The Kier molecular flexibility index (Phi) is 7.97. The van der Waals surface area contributed by atoms with Crippen LogP contribution in [0, 0.1) is 0 Å². The van der Waals surface area contributed by atoms with Crippen molar-refractivity contribution in [2.24, 2.45) is 10.9 Å². The number of methoxy groups -OCH3 is 1. The summed E-state index contributed by atoms with van der Waals surface area (Å²) in [5.41, 5.74) is 6.11. The molecule has 0 aliphatic carbocycles. The zero-order valence-electron chi connectivity index (χ0n) is 20.2. The van der Waals surface area contributed by atoms with Crippen molar-refractivity contribution in [2.45, 2.75) is 38.5 Å². The number of rotatable bonds is 8. The Labute approximate surface area is 217 Å². The van der Waals surface area contributed by atoms with Crippen LogP contribution in [0.15, 0.2) is 35.5 Å². The summed E-state index contributed by atoms with van der Waals surface area (Å²) in [6.45, 7) is 2.36. The number of fused-ring (bicyclic) bond motifs is 1. The molecule has 0 saturated carbocycles. The van der Waals surface area contributed by atoms with E-state index in [1.165, 1.54) is 20.1 Å². The summed E-state index contributed by atoms with van der Waals surface area (Å²) >= 11 is 5.92. The van der Waals surface area contributed by atoms with Crippen molar-refractivity contribution < 1.29 is 33.4 Å². The Bertz CT molecular complexity index is 1220. The normalized spacial score (nSPS) is 19.1. The van der Waals surface area contributed by atoms with E-state index in [-0.39, 0.29) is 60.1 Å². The molecule has 2 saturated heterocycles. The van der Waals surface area contributed by atoms with Crippen LogP contribution in [0.3, 0.4) is 0 Å². The molecular weight excluding hydrogens is 506 g/mol. The predicted molar refractivity (Wildman–Crippen MR) is 132 cm³/mol. The minimum absolute atomic E-state index is 0.0102. The number of hydrogen-bond donors (Lipinski definition) is 2. The van der Waals surface area contributed by atoms with E-state index in [4.69, 9.17) is 36.4 Å². The monoisotopic (exact) mass is 531 g/mol. The van der Waals surface area contributed by atoms with E-state index >= 15 is 0 Å². The van der Waals surface area contributed by atoms with Crippen molar-refractivity contribution in [3.8, 4) is 11.6 Å². The smallest absolute Gasteiger partial charge is 0.410 e. The third-order valence-electron chi connectivity index (χ3n) is 5.82. The minimum Gasteiger partial charge on any atom is -0.488 e. The number of amidine groups is 1. The quantitative estimate of drug-likeness (QED) is 0.226. The molecule has 13 heteroatoms. The zero-order valence-corrected chi connectivity index (χ0v) is 21.0. The number of halogens is 1. The highest BCUT2D eigenvalue weighted by molar-refractivity contribution is 6.30. The van der Waals surface area contributed by atoms with Gasteiger partial charge in [-0.2, -0.15) is 0 Å². The molecular formula is C24H26ClN5O7. The second-order valence-corrected chi connectivity index (χ2v) is 8.94. The van der Waals surface area contributed by atoms with Gasteiger partial charge in [-0.15, -0.1) is 0 Å². The van der Waals surface area contributed by atoms with Gasteiger partial charge in [-0.1, -0.05) is 28.9 Å². The van der Waals surface area contributed by atoms with Crippen molar-refractivity contribution in [2.75, 3.05) is 20.3 Å². The average Bonchev–Trinajstić information content (AvgIpc) is 3.26. The molecule has 0 unspecified atom stereocenters. The fourth-order valence-corrected chi connectivity index (χ4v) is 4.14. The van der Waals surface area contributed by atoms with Gasteiger partial charge in [0, 0.05) is 37.0 Å². The molecule has 0 radical (unpaired) electrons. The van der Waals surface area contributed by atoms with Crippen LogP contribution >= 0.6 is 11.6 Å². The van der Waals surface area contributed by atoms with Crippen molar-refractivity contribution in [1.29, 1.82) is 0 Å². The summed E-state index contributed by atoms with van der Waals surface area (Å²) < 4.78 is 16.5. The van der Waals surface area contributed by atoms with Gasteiger partial charge in [0.2, 0.25) is 5.88 Å². The highest BCUT2D eigenvalue weighted by Crippen LogP contribution is 2.31. The van der Waals surface area contributed by atoms with E-state index in [1.54, 1.807) is 29.2 Å². The van der Waals surface area contributed by atoms with E-state index in [0.29, 0.717) is 24.4 Å². The highest BCUT2D eigenvalue weighted by atomic mass is 35.5. The zero-order chi connectivity index (χ0) is 26.5. The van der Waals surface area contributed by atoms with Crippen LogP contribution in [0.5, 0.6) is 11.6 Å². The van der Waals surface area contributed by atoms with Crippen LogP contribution in [-0.4, -0.2) is 66.1 Å². The lowest BCUT2D eigenvalue weighted by Crippen LogP contribution is -2.44. The minimum atomic E-state index is -0.942. The first kappa shape index (κ1) is 26.0. The largest absolute Gasteiger partial charge is 0.488 e. The number of ether oxygens (including phenoxy) is 3. The van der Waals surface area contributed by atoms with Crippen LogP contribution < -0.4 is 20.5 Å². The molecule has 2 aromatic rings. The number of nitrogens with zero attached hydrogens (tertiary/aromatic N) is 3. The summed E-state index contributed by atoms with van der Waals surface area (Å²) in [5.74, 6) is -1.51. The van der Waals surface area contributed by atoms with Gasteiger partial charge in [-0.05, 0) is 24.6 Å². The summed E-state index contributed by atoms with van der Waals surface area (Å²) in [4.78, 5) is 48.3. The molecule has 3 heterocycles. The molecule has 12 nitrogen and oxygen atoms in total. The van der Waals surface area contributed by atoms with Gasteiger partial charge in [0.1, 0.15) is 24.1 Å². The number of cyclic esters (lactones) is 1. The molecule has 37 heavy (non-hydrogen) atoms. The Morgan fingerprint density at radius 1 is 1.32 bits per heavy atom. The lowest BCUT2D eigenvalue weighted by Gasteiger charge is -2.32. The molecule has 2 atom stereocenters. The first-order valence-electron chi connectivity index (χ1n) is 11.5. The number of benzene rings is 1. The fraction of sp³-hybridized carbons (Fsp3) is 0.375. The van der Waals surface area contributed by atoms with Gasteiger partial charge >= 0.3 is 12.1 Å². The summed E-state index contributed by atoms with van der Waals surface area (Å²) in [6, 6.07) is 8.25. The van der Waals surface area contributed by atoms with Crippen LogP contribution in [0.1, 0.15) is 46.2 Å². The maximum atomic E-state index is 13.1. The van der Waals surface area contributed by atoms with Crippen molar-refractivity contribution >= 4 is 35.4 Å². The first-order chi connectivity index (χ1) is 17.7. The molecule has 4 rings (SSSR count). The number of carbonyl (C=O) groups excluding carboxylic acids is 3. The van der Waals surface area contributed by atoms with E-state index in [9.17, 15) is 14.4 Å². The number of aromatic nitrogens is 1. The molecule has 0 spiro atoms. The van der Waals surface area contributed by atoms with Crippen LogP contribution in [0.4, 0.5) is 4.79 Å². The number of nitrogens with two attached hydrogens (primary N) is 1. The van der Waals surface area contributed by atoms with Gasteiger partial charge in [0.05, 0.1) is 13.2 Å². The maximum Gasteiger partial charge on any atom is 0.410 e. The van der Waals surface area contributed by atoms with Crippen LogP contribution in [0.2, 0.25) is 5.02 Å². The number of carbonyl (C=O) groups is 3. The molecule has 3 N–H and O–H groups in total. The number of nitrogens with one attached hydrogen (secondary N) is 1. The Hall–Kier alpha value is -4.06.